The van der Waals surface area contributed by atoms with Gasteiger partial charge in [0, 0.05) is 37.4 Å². The Bertz CT molecular complexity index is 666. The molecule has 1 saturated heterocycles. The zero-order chi connectivity index (χ0) is 16.5. The number of hydrogen-bond donors (Lipinski definition) is 1. The molecule has 1 N–H and O–H groups in total. The Morgan fingerprint density at radius 3 is 2.64 bits per heavy atom. The first-order chi connectivity index (χ1) is 10.2. The fraction of sp³-hybridized carbons (Fsp3) is 0.714. The van der Waals surface area contributed by atoms with Crippen LogP contribution in [-0.4, -0.2) is 54.4 Å². The Morgan fingerprint density at radius 1 is 1.41 bits per heavy atom. The number of nitrogens with zero attached hydrogens (tertiary/aromatic N) is 3. The third-order valence-corrected chi connectivity index (χ3v) is 4.90. The second kappa shape index (κ2) is 6.37. The maximum absolute atomic E-state index is 12.5. The van der Waals surface area contributed by atoms with E-state index in [1.807, 2.05) is 20.9 Å². The van der Waals surface area contributed by atoms with Crippen LogP contribution in [0.1, 0.15) is 29.8 Å². The van der Waals surface area contributed by atoms with Gasteiger partial charge in [-0.05, 0) is 26.7 Å². The van der Waals surface area contributed by atoms with Crippen molar-refractivity contribution in [2.75, 3.05) is 19.3 Å². The lowest BCUT2D eigenvalue weighted by molar-refractivity contribution is -0.131. The van der Waals surface area contributed by atoms with E-state index in [1.54, 1.807) is 9.58 Å². The Morgan fingerprint density at radius 2 is 2.09 bits per heavy atom. The van der Waals surface area contributed by atoms with Gasteiger partial charge in [-0.15, -0.1) is 0 Å². The minimum atomic E-state index is -3.24. The first-order valence-electron chi connectivity index (χ1n) is 7.41. The number of rotatable bonds is 4. The van der Waals surface area contributed by atoms with Crippen LogP contribution in [0, 0.1) is 13.8 Å². The molecule has 124 valence electrons. The molecule has 22 heavy (non-hydrogen) atoms. The third kappa shape index (κ3) is 4.07. The van der Waals surface area contributed by atoms with Crippen molar-refractivity contribution in [3.05, 3.63) is 17.0 Å². The fourth-order valence-corrected chi connectivity index (χ4v) is 3.74. The zero-order valence-electron chi connectivity index (χ0n) is 13.6. The lowest BCUT2D eigenvalue weighted by atomic mass is 10.0. The summed E-state index contributed by atoms with van der Waals surface area (Å²) in [5.41, 5.74) is 2.83. The van der Waals surface area contributed by atoms with Crippen molar-refractivity contribution in [3.8, 4) is 0 Å². The minimum absolute atomic E-state index is 0.0270. The molecule has 1 fully saturated rings. The SMILES string of the molecule is Cc1nn(C)c(C)c1CC(=O)N1CCC[C@H](NS(C)(=O)=O)C1. The number of carbonyl (C=O) groups excluding carboxylic acids is 1. The molecule has 1 aromatic heterocycles. The summed E-state index contributed by atoms with van der Waals surface area (Å²) in [6.07, 6.45) is 3.04. The van der Waals surface area contributed by atoms with Crippen molar-refractivity contribution in [1.82, 2.24) is 19.4 Å². The van der Waals surface area contributed by atoms with E-state index >= 15 is 0 Å². The smallest absolute Gasteiger partial charge is 0.227 e. The Kier molecular flexibility index (Phi) is 4.91. The molecule has 1 amide bonds. The van der Waals surface area contributed by atoms with E-state index < -0.39 is 10.0 Å². The molecule has 8 heteroatoms. The molecule has 1 atom stereocenters. The van der Waals surface area contributed by atoms with Crippen molar-refractivity contribution < 1.29 is 13.2 Å². The highest BCUT2D eigenvalue weighted by Crippen LogP contribution is 2.16. The van der Waals surface area contributed by atoms with Gasteiger partial charge >= 0.3 is 0 Å². The van der Waals surface area contributed by atoms with Gasteiger partial charge in [0.1, 0.15) is 0 Å². The number of sulfonamides is 1. The number of likely N-dealkylation sites (tertiary alicyclic amines) is 1. The summed E-state index contributed by atoms with van der Waals surface area (Å²) < 4.78 is 27.0. The molecule has 0 bridgehead atoms. The summed E-state index contributed by atoms with van der Waals surface area (Å²) in [4.78, 5) is 14.3. The number of nitrogens with one attached hydrogen (secondary N) is 1. The number of aryl methyl sites for hydroxylation is 2. The van der Waals surface area contributed by atoms with E-state index in [-0.39, 0.29) is 11.9 Å². The molecule has 0 aliphatic carbocycles. The summed E-state index contributed by atoms with van der Waals surface area (Å²) >= 11 is 0. The molecule has 0 saturated carbocycles. The van der Waals surface area contributed by atoms with Gasteiger partial charge < -0.3 is 4.90 Å². The molecule has 1 aliphatic rings. The summed E-state index contributed by atoms with van der Waals surface area (Å²) in [6, 6.07) is -0.191. The molecule has 0 unspecified atom stereocenters. The van der Waals surface area contributed by atoms with Crippen LogP contribution in [0.3, 0.4) is 0 Å². The van der Waals surface area contributed by atoms with Crippen LogP contribution in [-0.2, 0) is 28.3 Å². The maximum Gasteiger partial charge on any atom is 0.227 e. The van der Waals surface area contributed by atoms with Crippen molar-refractivity contribution in [3.63, 3.8) is 0 Å². The zero-order valence-corrected chi connectivity index (χ0v) is 14.4. The average molecular weight is 328 g/mol. The van der Waals surface area contributed by atoms with Crippen LogP contribution < -0.4 is 4.72 Å². The van der Waals surface area contributed by atoms with Crippen LogP contribution in [0.2, 0.25) is 0 Å². The van der Waals surface area contributed by atoms with Gasteiger partial charge in [0.2, 0.25) is 15.9 Å². The summed E-state index contributed by atoms with van der Waals surface area (Å²) in [5.74, 6) is 0.0270. The topological polar surface area (TPSA) is 84.3 Å². The molecule has 0 spiro atoms. The van der Waals surface area contributed by atoms with Crippen LogP contribution >= 0.6 is 0 Å². The number of aromatic nitrogens is 2. The molecule has 1 aromatic rings. The first kappa shape index (κ1) is 17.0. The highest BCUT2D eigenvalue weighted by molar-refractivity contribution is 7.88. The van der Waals surface area contributed by atoms with E-state index in [1.165, 1.54) is 0 Å². The van der Waals surface area contributed by atoms with Gasteiger partial charge in [-0.25, -0.2) is 13.1 Å². The molecule has 2 rings (SSSR count). The van der Waals surface area contributed by atoms with Crippen molar-refractivity contribution >= 4 is 15.9 Å². The molecule has 1 aliphatic heterocycles. The average Bonchev–Trinajstić information content (AvgIpc) is 2.63. The molecular weight excluding hydrogens is 304 g/mol. The quantitative estimate of drug-likeness (QED) is 0.851. The van der Waals surface area contributed by atoms with E-state index in [0.29, 0.717) is 19.5 Å². The van der Waals surface area contributed by atoms with Crippen molar-refractivity contribution in [2.45, 2.75) is 39.2 Å². The van der Waals surface area contributed by atoms with Crippen LogP contribution in [0.15, 0.2) is 0 Å². The van der Waals surface area contributed by atoms with Crippen LogP contribution in [0.25, 0.3) is 0 Å². The summed E-state index contributed by atoms with van der Waals surface area (Å²) in [5, 5.41) is 4.33. The normalized spacial score (nSPS) is 19.5. The van der Waals surface area contributed by atoms with Gasteiger partial charge in [0.05, 0.1) is 18.4 Å². The molecule has 0 aromatic carbocycles. The van der Waals surface area contributed by atoms with E-state index in [4.69, 9.17) is 0 Å². The van der Waals surface area contributed by atoms with Gasteiger partial charge in [-0.2, -0.15) is 5.10 Å². The molecule has 0 radical (unpaired) electrons. The largest absolute Gasteiger partial charge is 0.341 e. The predicted octanol–water partition coefficient (Wildman–Crippen LogP) is 0.120. The van der Waals surface area contributed by atoms with Gasteiger partial charge in [0.25, 0.3) is 0 Å². The molecule has 7 nitrogen and oxygen atoms in total. The fourth-order valence-electron chi connectivity index (χ4n) is 2.94. The second-order valence-electron chi connectivity index (χ2n) is 6.02. The van der Waals surface area contributed by atoms with Crippen molar-refractivity contribution in [2.24, 2.45) is 7.05 Å². The number of hydrogen-bond acceptors (Lipinski definition) is 4. The predicted molar refractivity (Wildman–Crippen MR) is 84.0 cm³/mol. The Hall–Kier alpha value is -1.41. The standard InChI is InChI=1S/C14H24N4O3S/c1-10-13(11(2)17(3)15-10)8-14(19)18-7-5-6-12(9-18)16-22(4,20)21/h12,16H,5-9H2,1-4H3/t12-/m0/s1. The Labute approximate surface area is 131 Å². The third-order valence-electron chi connectivity index (χ3n) is 4.14. The van der Waals surface area contributed by atoms with Crippen LogP contribution in [0.5, 0.6) is 0 Å². The van der Waals surface area contributed by atoms with E-state index in [2.05, 4.69) is 9.82 Å². The van der Waals surface area contributed by atoms with Crippen molar-refractivity contribution in [1.29, 1.82) is 0 Å². The second-order valence-corrected chi connectivity index (χ2v) is 7.80. The highest BCUT2D eigenvalue weighted by atomic mass is 32.2. The number of piperidine rings is 1. The van der Waals surface area contributed by atoms with E-state index in [9.17, 15) is 13.2 Å². The van der Waals surface area contributed by atoms with Gasteiger partial charge in [-0.1, -0.05) is 0 Å². The molecular formula is C14H24N4O3S. The number of carbonyl (C=O) groups is 1. The first-order valence-corrected chi connectivity index (χ1v) is 9.30. The highest BCUT2D eigenvalue weighted by Gasteiger charge is 2.26. The lowest BCUT2D eigenvalue weighted by Crippen LogP contribution is -2.49. The number of amides is 1. The van der Waals surface area contributed by atoms with Gasteiger partial charge in [0.15, 0.2) is 0 Å². The Balaban J connectivity index is 2.03. The lowest BCUT2D eigenvalue weighted by Gasteiger charge is -2.32. The minimum Gasteiger partial charge on any atom is -0.341 e. The van der Waals surface area contributed by atoms with Gasteiger partial charge in [-0.3, -0.25) is 9.48 Å². The monoisotopic (exact) mass is 328 g/mol. The molecule has 2 heterocycles. The maximum atomic E-state index is 12.5. The summed E-state index contributed by atoms with van der Waals surface area (Å²) in [6.45, 7) is 4.97. The van der Waals surface area contributed by atoms with Crippen LogP contribution in [0.4, 0.5) is 0 Å². The summed E-state index contributed by atoms with van der Waals surface area (Å²) in [7, 11) is -1.38. The van der Waals surface area contributed by atoms with E-state index in [0.717, 1.165) is 36.0 Å².